The molecule has 1 aliphatic carbocycles. The first-order chi connectivity index (χ1) is 14.4. The number of rotatable bonds is 9. The minimum Gasteiger partial charge on any atom is -0.484 e. The molecule has 0 atom stereocenters. The molecule has 1 aliphatic rings. The van der Waals surface area contributed by atoms with Crippen molar-refractivity contribution in [1.29, 1.82) is 0 Å². The Morgan fingerprint density at radius 1 is 1.03 bits per heavy atom. The molecule has 0 bridgehead atoms. The van der Waals surface area contributed by atoms with Crippen LogP contribution in [0.2, 0.25) is 0 Å². The van der Waals surface area contributed by atoms with Gasteiger partial charge in [-0.3, -0.25) is 9.52 Å². The van der Waals surface area contributed by atoms with Gasteiger partial charge in [-0.1, -0.05) is 11.6 Å². The van der Waals surface area contributed by atoms with Crippen molar-refractivity contribution < 1.29 is 22.3 Å². The van der Waals surface area contributed by atoms with Gasteiger partial charge in [0.1, 0.15) is 11.6 Å². The normalized spacial score (nSPS) is 14.0. The first-order valence-corrected chi connectivity index (χ1v) is 11.4. The molecule has 6 nitrogen and oxygen atoms in total. The van der Waals surface area contributed by atoms with Crippen LogP contribution in [0, 0.1) is 5.82 Å². The third kappa shape index (κ3) is 6.59. The quantitative estimate of drug-likeness (QED) is 0.587. The highest BCUT2D eigenvalue weighted by atomic mass is 32.2. The van der Waals surface area contributed by atoms with Gasteiger partial charge in [0.25, 0.3) is 15.9 Å². The standard InChI is InChI=1S/C22H25FN2O4S/c23-18-6-8-19(9-7-18)25-30(27,28)21-12-10-20(11-13-21)29-16-22(26)24-15-14-17-4-2-1-3-5-17/h4,6-13,25H,1-3,5,14-16H2,(H,24,26). The highest BCUT2D eigenvalue weighted by molar-refractivity contribution is 7.92. The van der Waals surface area contributed by atoms with Crippen LogP contribution in [0.4, 0.5) is 10.1 Å². The Hall–Kier alpha value is -2.87. The lowest BCUT2D eigenvalue weighted by Gasteiger charge is -2.13. The number of ether oxygens (including phenoxy) is 1. The summed E-state index contributed by atoms with van der Waals surface area (Å²) in [6, 6.07) is 10.8. The summed E-state index contributed by atoms with van der Waals surface area (Å²) in [6.07, 6.45) is 7.81. The fourth-order valence-electron chi connectivity index (χ4n) is 3.14. The zero-order valence-electron chi connectivity index (χ0n) is 16.6. The van der Waals surface area contributed by atoms with Gasteiger partial charge in [-0.2, -0.15) is 0 Å². The number of amides is 1. The Kier molecular flexibility index (Phi) is 7.46. The number of benzene rings is 2. The van der Waals surface area contributed by atoms with Crippen LogP contribution in [0.5, 0.6) is 5.75 Å². The molecular formula is C22H25FN2O4S. The van der Waals surface area contributed by atoms with Gasteiger partial charge in [-0.15, -0.1) is 0 Å². The molecule has 0 heterocycles. The topological polar surface area (TPSA) is 84.5 Å². The van der Waals surface area contributed by atoms with Crippen molar-refractivity contribution in [2.75, 3.05) is 17.9 Å². The molecule has 0 spiro atoms. The van der Waals surface area contributed by atoms with E-state index >= 15 is 0 Å². The molecule has 0 fully saturated rings. The smallest absolute Gasteiger partial charge is 0.261 e. The second-order valence-electron chi connectivity index (χ2n) is 7.08. The Balaban J connectivity index is 1.46. The molecule has 0 aliphatic heterocycles. The third-order valence-electron chi connectivity index (χ3n) is 4.75. The molecule has 2 aromatic rings. The van der Waals surface area contributed by atoms with Crippen molar-refractivity contribution >= 4 is 21.6 Å². The molecule has 0 saturated carbocycles. The lowest BCUT2D eigenvalue weighted by molar-refractivity contribution is -0.123. The van der Waals surface area contributed by atoms with Gasteiger partial charge >= 0.3 is 0 Å². The number of nitrogens with one attached hydrogen (secondary N) is 2. The zero-order chi connectivity index (χ0) is 21.4. The van der Waals surface area contributed by atoms with Gasteiger partial charge in [0.05, 0.1) is 4.90 Å². The molecule has 0 aromatic heterocycles. The van der Waals surface area contributed by atoms with Crippen molar-refractivity contribution in [2.45, 2.75) is 37.0 Å². The largest absolute Gasteiger partial charge is 0.484 e. The number of sulfonamides is 1. The summed E-state index contributed by atoms with van der Waals surface area (Å²) < 4.78 is 45.5. The summed E-state index contributed by atoms with van der Waals surface area (Å²) in [6.45, 7) is 0.444. The number of allylic oxidation sites excluding steroid dienone is 1. The van der Waals surface area contributed by atoms with E-state index in [-0.39, 0.29) is 23.1 Å². The highest BCUT2D eigenvalue weighted by Crippen LogP contribution is 2.20. The minimum absolute atomic E-state index is 0.0318. The van der Waals surface area contributed by atoms with Crippen LogP contribution in [-0.2, 0) is 14.8 Å². The molecular weight excluding hydrogens is 407 g/mol. The van der Waals surface area contributed by atoms with E-state index in [0.717, 1.165) is 19.3 Å². The van der Waals surface area contributed by atoms with Gasteiger partial charge in [0.15, 0.2) is 6.61 Å². The Morgan fingerprint density at radius 2 is 1.77 bits per heavy atom. The van der Waals surface area contributed by atoms with E-state index in [2.05, 4.69) is 16.1 Å². The van der Waals surface area contributed by atoms with E-state index in [1.54, 1.807) is 0 Å². The maximum atomic E-state index is 12.9. The lowest BCUT2D eigenvalue weighted by Crippen LogP contribution is -2.30. The molecule has 2 N–H and O–H groups in total. The van der Waals surface area contributed by atoms with Crippen molar-refractivity contribution in [3.05, 3.63) is 66.0 Å². The molecule has 0 unspecified atom stereocenters. The number of anilines is 1. The van der Waals surface area contributed by atoms with Crippen LogP contribution in [-0.4, -0.2) is 27.5 Å². The summed E-state index contributed by atoms with van der Waals surface area (Å²) in [5, 5.41) is 2.83. The van der Waals surface area contributed by atoms with E-state index in [1.165, 1.54) is 66.9 Å². The Labute approximate surface area is 176 Å². The molecule has 3 rings (SSSR count). The Bertz CT molecular complexity index is 987. The van der Waals surface area contributed by atoms with Crippen LogP contribution < -0.4 is 14.8 Å². The lowest BCUT2D eigenvalue weighted by atomic mass is 9.97. The van der Waals surface area contributed by atoms with E-state index in [4.69, 9.17) is 4.74 Å². The van der Waals surface area contributed by atoms with Crippen molar-refractivity contribution in [1.82, 2.24) is 5.32 Å². The van der Waals surface area contributed by atoms with Gasteiger partial charge in [-0.25, -0.2) is 12.8 Å². The fraction of sp³-hybridized carbons (Fsp3) is 0.318. The van der Waals surface area contributed by atoms with Crippen LogP contribution >= 0.6 is 0 Å². The van der Waals surface area contributed by atoms with Crippen LogP contribution in [0.1, 0.15) is 32.1 Å². The molecule has 0 radical (unpaired) electrons. The maximum absolute atomic E-state index is 12.9. The number of carbonyl (C=O) groups excluding carboxylic acids is 1. The van der Waals surface area contributed by atoms with Gasteiger partial charge in [0.2, 0.25) is 0 Å². The molecule has 0 saturated heterocycles. The molecule has 30 heavy (non-hydrogen) atoms. The predicted octanol–water partition coefficient (Wildman–Crippen LogP) is 4.01. The molecule has 8 heteroatoms. The average molecular weight is 433 g/mol. The monoisotopic (exact) mass is 432 g/mol. The minimum atomic E-state index is -3.81. The number of hydrogen-bond acceptors (Lipinski definition) is 4. The number of halogens is 1. The van der Waals surface area contributed by atoms with Crippen LogP contribution in [0.15, 0.2) is 65.1 Å². The van der Waals surface area contributed by atoms with E-state index in [0.29, 0.717) is 12.3 Å². The number of hydrogen-bond donors (Lipinski definition) is 2. The van der Waals surface area contributed by atoms with E-state index in [9.17, 15) is 17.6 Å². The Morgan fingerprint density at radius 3 is 2.43 bits per heavy atom. The van der Waals surface area contributed by atoms with Gasteiger partial charge < -0.3 is 10.1 Å². The average Bonchev–Trinajstić information content (AvgIpc) is 2.75. The second-order valence-corrected chi connectivity index (χ2v) is 8.76. The first kappa shape index (κ1) is 21.8. The van der Waals surface area contributed by atoms with Crippen LogP contribution in [0.25, 0.3) is 0 Å². The summed E-state index contributed by atoms with van der Waals surface area (Å²) in [5.41, 5.74) is 1.66. The van der Waals surface area contributed by atoms with Crippen molar-refractivity contribution in [2.24, 2.45) is 0 Å². The second kappa shape index (κ2) is 10.2. The van der Waals surface area contributed by atoms with Gasteiger partial charge in [0, 0.05) is 12.2 Å². The van der Waals surface area contributed by atoms with Crippen molar-refractivity contribution in [3.8, 4) is 5.75 Å². The summed E-state index contributed by atoms with van der Waals surface area (Å²) >= 11 is 0. The van der Waals surface area contributed by atoms with E-state index < -0.39 is 15.8 Å². The zero-order valence-corrected chi connectivity index (χ0v) is 17.4. The maximum Gasteiger partial charge on any atom is 0.261 e. The predicted molar refractivity (Wildman–Crippen MR) is 113 cm³/mol. The summed E-state index contributed by atoms with van der Waals surface area (Å²) in [4.78, 5) is 12.0. The molecule has 1 amide bonds. The highest BCUT2D eigenvalue weighted by Gasteiger charge is 2.14. The number of carbonyl (C=O) groups is 1. The summed E-state index contributed by atoms with van der Waals surface area (Å²) in [5.74, 6) is -0.281. The third-order valence-corrected chi connectivity index (χ3v) is 6.15. The van der Waals surface area contributed by atoms with Crippen molar-refractivity contribution in [3.63, 3.8) is 0 Å². The van der Waals surface area contributed by atoms with Gasteiger partial charge in [-0.05, 0) is 80.6 Å². The molecule has 2 aromatic carbocycles. The van der Waals surface area contributed by atoms with Crippen LogP contribution in [0.3, 0.4) is 0 Å². The first-order valence-electron chi connectivity index (χ1n) is 9.88. The molecule has 160 valence electrons. The summed E-state index contributed by atoms with van der Waals surface area (Å²) in [7, 11) is -3.81. The fourth-order valence-corrected chi connectivity index (χ4v) is 4.20. The van der Waals surface area contributed by atoms with E-state index in [1.807, 2.05) is 0 Å². The SMILES string of the molecule is O=C(COc1ccc(S(=O)(=O)Nc2ccc(F)cc2)cc1)NCCC1=CCCCC1.